The third-order valence-corrected chi connectivity index (χ3v) is 23.4. The van der Waals surface area contributed by atoms with Crippen molar-refractivity contribution in [2.24, 2.45) is 5.92 Å². The minimum atomic E-state index is -2.71. The van der Waals surface area contributed by atoms with E-state index in [0.717, 1.165) is 22.4 Å². The number of imidazole rings is 1. The molecular formula is C43H54N5O8PS2Si. The molecule has 0 aliphatic carbocycles. The number of hydrogen-bond donors (Lipinski definition) is 2. The number of rotatable bonds is 14. The molecule has 60 heavy (non-hydrogen) atoms. The van der Waals surface area contributed by atoms with Gasteiger partial charge in [0.2, 0.25) is 11.9 Å². The van der Waals surface area contributed by atoms with E-state index >= 15 is 0 Å². The Hall–Kier alpha value is -3.86. The average molecular weight is 892 g/mol. The lowest BCUT2D eigenvalue weighted by Crippen LogP contribution is -2.48. The predicted molar refractivity (Wildman–Crippen MR) is 242 cm³/mol. The monoisotopic (exact) mass is 891 g/mol. The van der Waals surface area contributed by atoms with E-state index in [2.05, 4.69) is 61.3 Å². The molecule has 5 atom stereocenters. The number of hydrogen-bond acceptors (Lipinski definition) is 12. The molecule has 2 aromatic heterocycles. The van der Waals surface area contributed by atoms with Crippen molar-refractivity contribution in [1.29, 1.82) is 0 Å². The second kappa shape index (κ2) is 17.5. The number of H-pyrrole nitrogens is 1. The summed E-state index contributed by atoms with van der Waals surface area (Å²) in [7, 11) is 0.730. The van der Waals surface area contributed by atoms with E-state index in [0.29, 0.717) is 18.1 Å². The maximum atomic E-state index is 13.4. The molecule has 1 amide bonds. The molecule has 17 heteroatoms. The summed E-state index contributed by atoms with van der Waals surface area (Å²) >= 11 is 8.24. The predicted octanol–water partition coefficient (Wildman–Crippen LogP) is 8.47. The van der Waals surface area contributed by atoms with Crippen LogP contribution in [0.4, 0.5) is 5.95 Å². The molecule has 0 radical (unpaired) electrons. The third-order valence-electron chi connectivity index (χ3n) is 11.7. The van der Waals surface area contributed by atoms with E-state index in [-0.39, 0.29) is 40.6 Å². The average Bonchev–Trinajstić information content (AvgIpc) is 3.96. The standard InChI is InChI=1S/C43H54N5O8PS2Si/c1-27(2)38(49)46-41-45-37-34(39(50)47-41)44-26-48(37)40-35(56-60(8,9)42(3,4)5)36(57(58)54-23-24-59-57)33(55-40)25-53-43(28-13-11-10-12-14-28,29-15-19-31(51-6)20-16-29)30-17-21-32(52-7)22-18-30/h10-22,26-27,33,35-36,40H,23-25H2,1-9H3,(H2,45,46,47,49,50)/t33-,35-,36-,40-,57?/m1/s1. The number of methoxy groups -OCH3 is 2. The number of aromatic nitrogens is 4. The number of anilines is 1. The first kappa shape index (κ1) is 44.2. The van der Waals surface area contributed by atoms with Crippen molar-refractivity contribution in [1.82, 2.24) is 19.5 Å². The van der Waals surface area contributed by atoms with Gasteiger partial charge in [0.05, 0.1) is 45.5 Å². The summed E-state index contributed by atoms with van der Waals surface area (Å²) in [5.74, 6) is 1.55. The van der Waals surface area contributed by atoms with Gasteiger partial charge < -0.3 is 27.9 Å². The Labute approximate surface area is 361 Å². The number of fused-ring (bicyclic) bond motifs is 1. The summed E-state index contributed by atoms with van der Waals surface area (Å²) in [5.41, 5.74) is -1.82. The molecule has 7 rings (SSSR count). The van der Waals surface area contributed by atoms with Gasteiger partial charge in [0.25, 0.3) is 5.56 Å². The number of ether oxygens (including phenoxy) is 4. The van der Waals surface area contributed by atoms with Crippen molar-refractivity contribution in [3.8, 4) is 11.5 Å². The van der Waals surface area contributed by atoms with Gasteiger partial charge in [-0.2, -0.15) is 4.98 Å². The van der Waals surface area contributed by atoms with Gasteiger partial charge in [0.1, 0.15) is 28.7 Å². The highest BCUT2D eigenvalue weighted by Gasteiger charge is 2.58. The number of nitrogens with zero attached hydrogens (tertiary/aromatic N) is 3. The molecule has 2 fully saturated rings. The minimum absolute atomic E-state index is 0.0118. The van der Waals surface area contributed by atoms with Crippen LogP contribution >= 0.6 is 16.8 Å². The molecule has 0 spiro atoms. The maximum absolute atomic E-state index is 13.4. The Kier molecular flexibility index (Phi) is 12.9. The van der Waals surface area contributed by atoms with Gasteiger partial charge in [-0.25, -0.2) is 4.98 Å². The first-order valence-electron chi connectivity index (χ1n) is 20.0. The van der Waals surface area contributed by atoms with Gasteiger partial charge >= 0.3 is 0 Å². The fourth-order valence-corrected chi connectivity index (χ4v) is 15.6. The SMILES string of the molecule is COc1ccc(C(OC[C@H]2O[C@@H](n3cnc4c(=O)[nH]c(NC(=O)C(C)C)nc43)[C@H](O[Si](C)(C)C(C)(C)C)[C@@H]2P2(=S)OCCS2)(c2ccccc2)c2ccc(OC)cc2)cc1. The minimum Gasteiger partial charge on any atom is -0.497 e. The van der Waals surface area contributed by atoms with Crippen molar-refractivity contribution >= 4 is 60.0 Å². The number of carbonyl (C=O) groups excluding carboxylic acids is 1. The van der Waals surface area contributed by atoms with Crippen LogP contribution in [-0.4, -0.2) is 84.8 Å². The Morgan fingerprint density at radius 2 is 1.60 bits per heavy atom. The van der Waals surface area contributed by atoms with E-state index in [1.165, 1.54) is 0 Å². The highest BCUT2D eigenvalue weighted by Crippen LogP contribution is 2.71. The highest BCUT2D eigenvalue weighted by molar-refractivity contribution is 8.70. The summed E-state index contributed by atoms with van der Waals surface area (Å²) in [4.78, 5) is 38.1. The lowest BCUT2D eigenvalue weighted by Gasteiger charge is -2.42. The molecule has 2 saturated heterocycles. The van der Waals surface area contributed by atoms with Crippen LogP contribution in [0.1, 0.15) is 57.5 Å². The topological polar surface area (TPSA) is 148 Å². The Morgan fingerprint density at radius 3 is 2.13 bits per heavy atom. The molecule has 0 saturated carbocycles. The van der Waals surface area contributed by atoms with Crippen molar-refractivity contribution in [2.45, 2.75) is 82.4 Å². The molecule has 2 N–H and O–H groups in total. The molecule has 3 aromatic carbocycles. The Bertz CT molecular complexity index is 2350. The smallest absolute Gasteiger partial charge is 0.280 e. The van der Waals surface area contributed by atoms with Crippen molar-refractivity contribution < 1.29 is 32.7 Å². The molecule has 1 unspecified atom stereocenters. The molecule has 5 aromatic rings. The van der Waals surface area contributed by atoms with Crippen molar-refractivity contribution in [3.63, 3.8) is 0 Å². The highest BCUT2D eigenvalue weighted by atomic mass is 32.9. The maximum Gasteiger partial charge on any atom is 0.280 e. The van der Waals surface area contributed by atoms with Gasteiger partial charge in [-0.15, -0.1) is 0 Å². The fourth-order valence-electron chi connectivity index (χ4n) is 7.36. The van der Waals surface area contributed by atoms with Crippen molar-refractivity contribution in [3.05, 3.63) is 112 Å². The zero-order chi connectivity index (χ0) is 43.0. The van der Waals surface area contributed by atoms with Crippen LogP contribution in [-0.2, 0) is 40.6 Å². The Morgan fingerprint density at radius 1 is 1.00 bits per heavy atom. The first-order valence-corrected chi connectivity index (χ1v) is 27.3. The van der Waals surface area contributed by atoms with Crippen LogP contribution in [0.15, 0.2) is 90.0 Å². The molecule has 2 aliphatic rings. The van der Waals surface area contributed by atoms with Crippen LogP contribution < -0.4 is 20.3 Å². The molecule has 2 aliphatic heterocycles. The second-order valence-electron chi connectivity index (χ2n) is 16.8. The quantitative estimate of drug-likeness (QED) is 0.0626. The largest absolute Gasteiger partial charge is 0.497 e. The van der Waals surface area contributed by atoms with Crippen LogP contribution in [0, 0.1) is 5.92 Å². The lowest BCUT2D eigenvalue weighted by atomic mass is 9.80. The Balaban J connectivity index is 1.40. The fraction of sp³-hybridized carbons (Fsp3) is 0.442. The molecule has 0 bridgehead atoms. The van der Waals surface area contributed by atoms with Crippen LogP contribution in [0.3, 0.4) is 0 Å². The number of aromatic amines is 1. The lowest BCUT2D eigenvalue weighted by molar-refractivity contribution is -0.118. The summed E-state index contributed by atoms with van der Waals surface area (Å²) in [5, 5.41) is 2.55. The van der Waals surface area contributed by atoms with Gasteiger partial charge in [0.15, 0.2) is 25.7 Å². The first-order chi connectivity index (χ1) is 28.5. The molecular weight excluding hydrogens is 838 g/mol. The number of nitrogens with one attached hydrogen (secondary N) is 2. The second-order valence-corrected chi connectivity index (χ2v) is 28.9. The summed E-state index contributed by atoms with van der Waals surface area (Å²) in [6, 6.07) is 25.9. The van der Waals surface area contributed by atoms with Crippen molar-refractivity contribution in [2.75, 3.05) is 38.5 Å². The van der Waals surface area contributed by atoms with Crippen LogP contribution in [0.5, 0.6) is 11.5 Å². The van der Waals surface area contributed by atoms with E-state index in [1.54, 1.807) is 50.3 Å². The summed E-state index contributed by atoms with van der Waals surface area (Å²) in [6.45, 7) is 15.1. The molecule has 4 heterocycles. The molecule has 320 valence electrons. The van der Waals surface area contributed by atoms with Gasteiger partial charge in [-0.05, 0) is 59.1 Å². The molecule has 13 nitrogen and oxygen atoms in total. The summed E-state index contributed by atoms with van der Waals surface area (Å²) in [6.07, 6.45) is -0.589. The van der Waals surface area contributed by atoms with Gasteiger partial charge in [-0.3, -0.25) is 24.5 Å². The zero-order valence-electron chi connectivity index (χ0n) is 35.5. The van der Waals surface area contributed by atoms with Gasteiger partial charge in [-0.1, -0.05) is 112 Å². The van der Waals surface area contributed by atoms with Crippen LogP contribution in [0.2, 0.25) is 18.1 Å². The number of amides is 1. The normalized spacial score (nSPS) is 22.4. The van der Waals surface area contributed by atoms with Gasteiger partial charge in [0, 0.05) is 11.7 Å². The van der Waals surface area contributed by atoms with E-state index in [1.807, 2.05) is 66.7 Å². The third kappa shape index (κ3) is 8.50. The van der Waals surface area contributed by atoms with Crippen LogP contribution in [0.25, 0.3) is 11.2 Å². The number of benzene rings is 3. The van der Waals surface area contributed by atoms with E-state index in [9.17, 15) is 9.59 Å². The zero-order valence-corrected chi connectivity index (χ0v) is 39.0. The van der Waals surface area contributed by atoms with E-state index < -0.39 is 49.0 Å². The van der Waals surface area contributed by atoms with E-state index in [4.69, 9.17) is 44.7 Å². The number of carbonyl (C=O) groups is 1. The summed E-state index contributed by atoms with van der Waals surface area (Å²) < 4.78 is 41.6.